The van der Waals surface area contributed by atoms with E-state index in [1.165, 1.54) is 12.1 Å². The van der Waals surface area contributed by atoms with Gasteiger partial charge in [-0.25, -0.2) is 0 Å². The van der Waals surface area contributed by atoms with E-state index in [4.69, 9.17) is 11.0 Å². The molecule has 0 aliphatic heterocycles. The molecule has 1 aromatic carbocycles. The van der Waals surface area contributed by atoms with E-state index in [0.717, 1.165) is 6.07 Å². The van der Waals surface area contributed by atoms with Crippen LogP contribution in [0.15, 0.2) is 18.2 Å². The molecular weight excluding hydrogens is 272 g/mol. The molecule has 0 aromatic heterocycles. The highest BCUT2D eigenvalue weighted by molar-refractivity contribution is 5.97. The van der Waals surface area contributed by atoms with Gasteiger partial charge in [0.05, 0.1) is 22.0 Å². The van der Waals surface area contributed by atoms with Crippen molar-refractivity contribution in [1.82, 2.24) is 0 Å². The second-order valence-corrected chi connectivity index (χ2v) is 4.75. The summed E-state index contributed by atoms with van der Waals surface area (Å²) < 4.78 is 0. The van der Waals surface area contributed by atoms with E-state index in [-0.39, 0.29) is 29.4 Å². The number of anilines is 1. The van der Waals surface area contributed by atoms with Gasteiger partial charge in [0, 0.05) is 12.6 Å². The Bertz CT molecular complexity index is 580. The fourth-order valence-electron chi connectivity index (χ4n) is 2.07. The van der Waals surface area contributed by atoms with E-state index in [9.17, 15) is 14.9 Å². The van der Waals surface area contributed by atoms with Gasteiger partial charge in [-0.2, -0.15) is 5.26 Å². The fraction of sp³-hybridized carbons (Fsp3) is 0.429. The zero-order valence-corrected chi connectivity index (χ0v) is 12.0. The van der Waals surface area contributed by atoms with Crippen LogP contribution in [-0.4, -0.2) is 17.4 Å². The predicted octanol–water partition coefficient (Wildman–Crippen LogP) is 2.17. The van der Waals surface area contributed by atoms with Gasteiger partial charge in [0.1, 0.15) is 5.69 Å². The van der Waals surface area contributed by atoms with Crippen molar-refractivity contribution in [3.63, 3.8) is 0 Å². The van der Waals surface area contributed by atoms with Crippen LogP contribution < -0.4 is 11.1 Å². The Labute approximate surface area is 122 Å². The minimum absolute atomic E-state index is 0.0729. The lowest BCUT2D eigenvalue weighted by atomic mass is 9.81. The molecule has 21 heavy (non-hydrogen) atoms. The second-order valence-electron chi connectivity index (χ2n) is 4.75. The van der Waals surface area contributed by atoms with E-state index in [0.29, 0.717) is 12.8 Å². The number of nitriles is 1. The highest BCUT2D eigenvalue weighted by Gasteiger charge is 2.34. The van der Waals surface area contributed by atoms with Crippen LogP contribution in [0.2, 0.25) is 0 Å². The van der Waals surface area contributed by atoms with Crippen LogP contribution in [0, 0.1) is 26.9 Å². The summed E-state index contributed by atoms with van der Waals surface area (Å²) in [6.07, 6.45) is 1.08. The number of nitrogens with one attached hydrogen (secondary N) is 1. The first-order chi connectivity index (χ1) is 9.93. The van der Waals surface area contributed by atoms with Gasteiger partial charge in [0.2, 0.25) is 5.91 Å². The van der Waals surface area contributed by atoms with Crippen LogP contribution in [-0.2, 0) is 4.79 Å². The minimum Gasteiger partial charge on any atom is -0.329 e. The maximum atomic E-state index is 12.4. The third kappa shape index (κ3) is 3.35. The molecule has 1 rings (SSSR count). The van der Waals surface area contributed by atoms with Crippen molar-refractivity contribution in [3.8, 4) is 6.07 Å². The van der Waals surface area contributed by atoms with Gasteiger partial charge >= 0.3 is 0 Å². The maximum Gasteiger partial charge on any atom is 0.294 e. The molecule has 3 N–H and O–H groups in total. The van der Waals surface area contributed by atoms with Gasteiger partial charge < -0.3 is 11.1 Å². The summed E-state index contributed by atoms with van der Waals surface area (Å²) in [7, 11) is 0. The molecule has 7 heteroatoms. The van der Waals surface area contributed by atoms with E-state index >= 15 is 0 Å². The SMILES string of the molecule is CCC(CC)(CN)C(=O)Nc1ccc(C#N)cc1[N+](=O)[O-]. The van der Waals surface area contributed by atoms with Gasteiger partial charge in [0.15, 0.2) is 0 Å². The van der Waals surface area contributed by atoms with E-state index < -0.39 is 10.3 Å². The summed E-state index contributed by atoms with van der Waals surface area (Å²) >= 11 is 0. The van der Waals surface area contributed by atoms with Gasteiger partial charge in [-0.1, -0.05) is 13.8 Å². The number of nitrogens with two attached hydrogens (primary N) is 1. The first-order valence-corrected chi connectivity index (χ1v) is 6.64. The number of rotatable bonds is 6. The lowest BCUT2D eigenvalue weighted by molar-refractivity contribution is -0.384. The molecule has 0 saturated carbocycles. The van der Waals surface area contributed by atoms with Crippen LogP contribution >= 0.6 is 0 Å². The van der Waals surface area contributed by atoms with Crippen molar-refractivity contribution in [2.24, 2.45) is 11.1 Å². The normalized spacial score (nSPS) is 10.8. The van der Waals surface area contributed by atoms with Crippen LogP contribution in [0.25, 0.3) is 0 Å². The van der Waals surface area contributed by atoms with Crippen molar-refractivity contribution in [2.45, 2.75) is 26.7 Å². The highest BCUT2D eigenvalue weighted by Crippen LogP contribution is 2.30. The Morgan fingerprint density at radius 1 is 1.48 bits per heavy atom. The molecule has 0 heterocycles. The number of hydrogen-bond donors (Lipinski definition) is 2. The minimum atomic E-state index is -0.748. The quantitative estimate of drug-likeness (QED) is 0.614. The number of benzene rings is 1. The van der Waals surface area contributed by atoms with Gasteiger partial charge in [-0.15, -0.1) is 0 Å². The first-order valence-electron chi connectivity index (χ1n) is 6.64. The lowest BCUT2D eigenvalue weighted by Crippen LogP contribution is -2.41. The number of hydrogen-bond acceptors (Lipinski definition) is 5. The van der Waals surface area contributed by atoms with Crippen molar-refractivity contribution in [3.05, 3.63) is 33.9 Å². The molecule has 112 valence electrons. The standard InChI is InChI=1S/C14H18N4O3/c1-3-14(4-2,9-16)13(19)17-11-6-5-10(8-15)7-12(11)18(20)21/h5-7H,3-4,9,16H2,1-2H3,(H,17,19). The van der Waals surface area contributed by atoms with Crippen LogP contribution in [0.1, 0.15) is 32.3 Å². The van der Waals surface area contributed by atoms with Crippen molar-refractivity contribution >= 4 is 17.3 Å². The average molecular weight is 290 g/mol. The Morgan fingerprint density at radius 3 is 2.52 bits per heavy atom. The molecule has 0 unspecified atom stereocenters. The average Bonchev–Trinajstić information content (AvgIpc) is 2.49. The summed E-state index contributed by atoms with van der Waals surface area (Å²) in [5.74, 6) is -0.345. The largest absolute Gasteiger partial charge is 0.329 e. The Morgan fingerprint density at radius 2 is 2.10 bits per heavy atom. The number of nitro groups is 1. The Hall–Kier alpha value is -2.46. The molecule has 0 saturated heterocycles. The third-order valence-corrected chi connectivity index (χ3v) is 3.80. The maximum absolute atomic E-state index is 12.4. The summed E-state index contributed by atoms with van der Waals surface area (Å²) in [5, 5.41) is 22.4. The fourth-order valence-corrected chi connectivity index (χ4v) is 2.07. The van der Waals surface area contributed by atoms with Gasteiger partial charge in [-0.3, -0.25) is 14.9 Å². The second kappa shape index (κ2) is 6.81. The van der Waals surface area contributed by atoms with Crippen LogP contribution in [0.3, 0.4) is 0 Å². The van der Waals surface area contributed by atoms with Gasteiger partial charge in [0.25, 0.3) is 5.69 Å². The molecule has 0 spiro atoms. The smallest absolute Gasteiger partial charge is 0.294 e. The molecule has 1 aromatic rings. The Balaban J connectivity index is 3.16. The lowest BCUT2D eigenvalue weighted by Gasteiger charge is -2.28. The zero-order chi connectivity index (χ0) is 16.0. The summed E-state index contributed by atoms with van der Waals surface area (Å²) in [5.41, 5.74) is 4.87. The van der Waals surface area contributed by atoms with Crippen molar-refractivity contribution in [2.75, 3.05) is 11.9 Å². The monoisotopic (exact) mass is 290 g/mol. The van der Waals surface area contributed by atoms with Crippen molar-refractivity contribution < 1.29 is 9.72 Å². The van der Waals surface area contributed by atoms with E-state index in [2.05, 4.69) is 5.32 Å². The number of carbonyl (C=O) groups is 1. The molecule has 7 nitrogen and oxygen atoms in total. The molecule has 0 atom stereocenters. The van der Waals surface area contributed by atoms with Crippen LogP contribution in [0.5, 0.6) is 0 Å². The van der Waals surface area contributed by atoms with Crippen LogP contribution in [0.4, 0.5) is 11.4 Å². The topological polar surface area (TPSA) is 122 Å². The molecule has 0 aliphatic rings. The zero-order valence-electron chi connectivity index (χ0n) is 12.0. The number of nitro benzene ring substituents is 1. The third-order valence-electron chi connectivity index (χ3n) is 3.80. The summed E-state index contributed by atoms with van der Waals surface area (Å²) in [6, 6.07) is 5.75. The predicted molar refractivity (Wildman–Crippen MR) is 78.5 cm³/mol. The summed E-state index contributed by atoms with van der Waals surface area (Å²) in [6.45, 7) is 3.86. The number of carbonyl (C=O) groups excluding carboxylic acids is 1. The highest BCUT2D eigenvalue weighted by atomic mass is 16.6. The molecular formula is C14H18N4O3. The first kappa shape index (κ1) is 16.6. The summed E-state index contributed by atoms with van der Waals surface area (Å²) in [4.78, 5) is 22.8. The van der Waals surface area contributed by atoms with Crippen molar-refractivity contribution in [1.29, 1.82) is 5.26 Å². The van der Waals surface area contributed by atoms with E-state index in [1.807, 2.05) is 19.9 Å². The molecule has 0 aliphatic carbocycles. The Kier molecular flexibility index (Phi) is 5.38. The van der Waals surface area contributed by atoms with E-state index in [1.54, 1.807) is 0 Å². The molecule has 0 fully saturated rings. The number of amides is 1. The molecule has 0 radical (unpaired) electrons. The molecule has 1 amide bonds. The van der Waals surface area contributed by atoms with Gasteiger partial charge in [-0.05, 0) is 25.0 Å². The number of nitrogens with zero attached hydrogens (tertiary/aromatic N) is 2. The molecule has 0 bridgehead atoms.